The van der Waals surface area contributed by atoms with Crippen LogP contribution in [0, 0.1) is 13.7 Å². The monoisotopic (exact) mass is 470 g/mol. The zero-order valence-electron chi connectivity index (χ0n) is 13.9. The second-order valence-electron chi connectivity index (χ2n) is 5.80. The van der Waals surface area contributed by atoms with Crippen molar-refractivity contribution in [2.75, 3.05) is 0 Å². The summed E-state index contributed by atoms with van der Waals surface area (Å²) in [4.78, 5) is 11.4. The van der Waals surface area contributed by atoms with Crippen LogP contribution in [0.15, 0.2) is 94.4 Å². The fourth-order valence-corrected chi connectivity index (χ4v) is 3.86. The van der Waals surface area contributed by atoms with Crippen molar-refractivity contribution in [3.05, 3.63) is 98.1 Å². The summed E-state index contributed by atoms with van der Waals surface area (Å²) < 4.78 is 0.609. The minimum atomic E-state index is -0.401. The first kappa shape index (κ1) is 17.4. The van der Waals surface area contributed by atoms with Crippen molar-refractivity contribution in [2.24, 2.45) is 15.5 Å². The van der Waals surface area contributed by atoms with E-state index in [1.54, 1.807) is 18.2 Å². The summed E-state index contributed by atoms with van der Waals surface area (Å²) in [6.45, 7) is 0. The third-order valence-electron chi connectivity index (χ3n) is 4.28. The third-order valence-corrected chi connectivity index (χ3v) is 5.19. The average molecular weight is 470 g/mol. The summed E-state index contributed by atoms with van der Waals surface area (Å²) >= 11 is 2.20. The SMILES string of the molecule is O=[N+]([O-])c1ccccc1[N+]1(c2ccccc2I)N=NN=C1c1ccccc1. The van der Waals surface area contributed by atoms with Crippen LogP contribution < -0.4 is 4.59 Å². The Morgan fingerprint density at radius 1 is 0.852 bits per heavy atom. The molecule has 0 radical (unpaired) electrons. The van der Waals surface area contributed by atoms with Gasteiger partial charge in [0.2, 0.25) is 0 Å². The summed E-state index contributed by atoms with van der Waals surface area (Å²) in [5.74, 6) is 0.508. The van der Waals surface area contributed by atoms with E-state index in [1.807, 2.05) is 54.6 Å². The number of para-hydroxylation sites is 3. The van der Waals surface area contributed by atoms with Crippen LogP contribution >= 0.6 is 22.6 Å². The number of halogens is 1. The highest BCUT2D eigenvalue weighted by molar-refractivity contribution is 14.1. The molecule has 132 valence electrons. The smallest absolute Gasteiger partial charge is 0.258 e. The van der Waals surface area contributed by atoms with Crippen molar-refractivity contribution in [3.63, 3.8) is 0 Å². The van der Waals surface area contributed by atoms with Crippen LogP contribution in [-0.2, 0) is 0 Å². The van der Waals surface area contributed by atoms with Gasteiger partial charge in [0.1, 0.15) is 0 Å². The maximum atomic E-state index is 11.8. The van der Waals surface area contributed by atoms with Gasteiger partial charge in [0.25, 0.3) is 11.5 Å². The van der Waals surface area contributed by atoms with Gasteiger partial charge in [0, 0.05) is 23.4 Å². The molecule has 1 aliphatic heterocycles. The Labute approximate surface area is 168 Å². The molecule has 0 aliphatic carbocycles. The molecule has 1 atom stereocenters. The number of nitrogens with zero attached hydrogens (tertiary/aromatic N) is 5. The maximum Gasteiger partial charge on any atom is 0.332 e. The highest BCUT2D eigenvalue weighted by atomic mass is 127. The Balaban J connectivity index is 2.08. The Bertz CT molecular complexity index is 1080. The second kappa shape index (κ2) is 6.97. The number of nitro benzene ring substituents is 1. The lowest BCUT2D eigenvalue weighted by Gasteiger charge is -2.26. The lowest BCUT2D eigenvalue weighted by atomic mass is 10.1. The number of nitro groups is 1. The predicted octanol–water partition coefficient (Wildman–Crippen LogP) is 5.58. The van der Waals surface area contributed by atoms with Crippen molar-refractivity contribution in [1.82, 2.24) is 4.59 Å². The lowest BCUT2D eigenvalue weighted by Crippen LogP contribution is -2.44. The van der Waals surface area contributed by atoms with Crippen LogP contribution in [0.4, 0.5) is 17.1 Å². The average Bonchev–Trinajstić information content (AvgIpc) is 3.14. The largest absolute Gasteiger partial charge is 0.332 e. The van der Waals surface area contributed by atoms with Gasteiger partial charge in [-0.2, -0.15) is 0 Å². The third kappa shape index (κ3) is 2.82. The van der Waals surface area contributed by atoms with Gasteiger partial charge in [-0.15, -0.1) is 0 Å². The highest BCUT2D eigenvalue weighted by Crippen LogP contribution is 2.46. The number of amidine groups is 1. The van der Waals surface area contributed by atoms with Crippen LogP contribution in [0.2, 0.25) is 0 Å². The molecular weight excluding hydrogens is 457 g/mol. The first-order chi connectivity index (χ1) is 13.1. The molecule has 0 aromatic heterocycles. The Morgan fingerprint density at radius 2 is 1.48 bits per heavy atom. The van der Waals surface area contributed by atoms with Crippen molar-refractivity contribution in [2.45, 2.75) is 0 Å². The summed E-state index contributed by atoms with van der Waals surface area (Å²) in [6.07, 6.45) is 0. The Kier molecular flexibility index (Phi) is 4.50. The Hall–Kier alpha value is -2.98. The van der Waals surface area contributed by atoms with E-state index in [2.05, 4.69) is 38.1 Å². The minimum Gasteiger partial charge on any atom is -0.258 e. The fourth-order valence-electron chi connectivity index (χ4n) is 3.12. The molecule has 1 heterocycles. The zero-order chi connectivity index (χ0) is 18.9. The van der Waals surface area contributed by atoms with Crippen LogP contribution in [-0.4, -0.2) is 10.8 Å². The van der Waals surface area contributed by atoms with E-state index in [9.17, 15) is 10.1 Å². The predicted molar refractivity (Wildman–Crippen MR) is 112 cm³/mol. The number of quaternary nitrogens is 1. The standard InChI is InChI=1S/C19H13IN5O2/c20-15-10-4-6-12-17(15)25(18-13-7-5-11-16(18)24(26)27)19(21-22-23-25)14-8-2-1-3-9-14/h1-13H/q+1. The molecule has 27 heavy (non-hydrogen) atoms. The summed E-state index contributed by atoms with van der Waals surface area (Å²) in [6, 6.07) is 23.7. The van der Waals surface area contributed by atoms with Gasteiger partial charge in [-0.25, -0.2) is 0 Å². The van der Waals surface area contributed by atoms with Crippen LogP contribution in [0.5, 0.6) is 0 Å². The summed E-state index contributed by atoms with van der Waals surface area (Å²) in [5, 5.41) is 24.4. The molecule has 7 nitrogen and oxygen atoms in total. The van der Waals surface area contributed by atoms with E-state index in [-0.39, 0.29) is 10.3 Å². The molecule has 0 N–H and O–H groups in total. The molecule has 0 saturated heterocycles. The van der Waals surface area contributed by atoms with E-state index in [0.29, 0.717) is 11.5 Å². The van der Waals surface area contributed by atoms with E-state index in [4.69, 9.17) is 0 Å². The van der Waals surface area contributed by atoms with Crippen molar-refractivity contribution < 1.29 is 4.92 Å². The number of hydrogen-bond acceptors (Lipinski definition) is 5. The molecular formula is C19H13IN5O2+. The van der Waals surface area contributed by atoms with Gasteiger partial charge < -0.3 is 0 Å². The van der Waals surface area contributed by atoms with Gasteiger partial charge in [0.05, 0.1) is 19.3 Å². The van der Waals surface area contributed by atoms with Gasteiger partial charge in [-0.1, -0.05) is 52.2 Å². The van der Waals surface area contributed by atoms with Gasteiger partial charge in [0.15, 0.2) is 5.69 Å². The van der Waals surface area contributed by atoms with E-state index in [0.717, 1.165) is 14.8 Å². The molecule has 3 aromatic carbocycles. The quantitative estimate of drug-likeness (QED) is 0.216. The molecule has 0 spiro atoms. The molecule has 0 fully saturated rings. The van der Waals surface area contributed by atoms with E-state index in [1.165, 1.54) is 6.07 Å². The molecule has 8 heteroatoms. The summed E-state index contributed by atoms with van der Waals surface area (Å²) in [5.41, 5.74) is 1.88. The first-order valence-corrected chi connectivity index (χ1v) is 9.17. The lowest BCUT2D eigenvalue weighted by molar-refractivity contribution is -0.384. The van der Waals surface area contributed by atoms with Crippen LogP contribution in [0.3, 0.4) is 0 Å². The molecule has 0 amide bonds. The number of benzene rings is 3. The number of rotatable bonds is 4. The van der Waals surface area contributed by atoms with Crippen molar-refractivity contribution >= 4 is 45.5 Å². The number of hydrogen-bond donors (Lipinski definition) is 0. The molecule has 1 unspecified atom stereocenters. The van der Waals surface area contributed by atoms with Crippen LogP contribution in [0.1, 0.15) is 5.56 Å². The minimum absolute atomic E-state index is 0.0402. The topological polar surface area (TPSA) is 80.2 Å². The molecule has 1 aliphatic rings. The van der Waals surface area contributed by atoms with E-state index >= 15 is 0 Å². The van der Waals surface area contributed by atoms with Gasteiger partial charge in [-0.05, 0) is 40.8 Å². The summed E-state index contributed by atoms with van der Waals surface area (Å²) in [7, 11) is 0. The molecule has 4 rings (SSSR count). The second-order valence-corrected chi connectivity index (χ2v) is 6.96. The van der Waals surface area contributed by atoms with E-state index < -0.39 is 4.92 Å². The van der Waals surface area contributed by atoms with Crippen LogP contribution in [0.25, 0.3) is 0 Å². The highest BCUT2D eigenvalue weighted by Gasteiger charge is 2.51. The normalized spacial score (nSPS) is 18.3. The molecule has 0 bridgehead atoms. The first-order valence-electron chi connectivity index (χ1n) is 8.09. The van der Waals surface area contributed by atoms with Crippen molar-refractivity contribution in [1.29, 1.82) is 0 Å². The van der Waals surface area contributed by atoms with Crippen molar-refractivity contribution in [3.8, 4) is 0 Å². The van der Waals surface area contributed by atoms with Gasteiger partial charge in [-0.3, -0.25) is 10.1 Å². The maximum absolute atomic E-state index is 11.8. The Morgan fingerprint density at radius 3 is 2.19 bits per heavy atom. The molecule has 3 aromatic rings. The van der Waals surface area contributed by atoms with Gasteiger partial charge >= 0.3 is 5.69 Å². The molecule has 0 saturated carbocycles. The zero-order valence-corrected chi connectivity index (χ0v) is 16.1. The fraction of sp³-hybridized carbons (Fsp3) is 0.